The smallest absolute Gasteiger partial charge is 0.178 e. The third kappa shape index (κ3) is 4.45. The maximum absolute atomic E-state index is 11.3. The van der Waals surface area contributed by atoms with Crippen molar-refractivity contribution in [3.63, 3.8) is 0 Å². The molecule has 0 saturated heterocycles. The highest BCUT2D eigenvalue weighted by molar-refractivity contribution is 7.90. The van der Waals surface area contributed by atoms with E-state index in [-0.39, 0.29) is 10.9 Å². The molecule has 1 N–H and O–H groups in total. The number of nitrogens with zero attached hydrogens (tertiary/aromatic N) is 2. The number of methoxy groups -OCH3 is 1. The summed E-state index contributed by atoms with van der Waals surface area (Å²) in [5, 5.41) is 7.27. The number of hydrogen-bond donors (Lipinski definition) is 1. The molecule has 0 aliphatic heterocycles. The van der Waals surface area contributed by atoms with Crippen LogP contribution in [0.25, 0.3) is 0 Å². The predicted octanol–water partition coefficient (Wildman–Crippen LogP) is -0.0889. The molecule has 0 aliphatic rings. The fourth-order valence-corrected chi connectivity index (χ4v) is 2.08. The summed E-state index contributed by atoms with van der Waals surface area (Å²) in [5.41, 5.74) is 0. The van der Waals surface area contributed by atoms with Crippen molar-refractivity contribution in [2.45, 2.75) is 24.4 Å². The van der Waals surface area contributed by atoms with Crippen LogP contribution in [0.2, 0.25) is 0 Å². The van der Waals surface area contributed by atoms with E-state index < -0.39 is 9.84 Å². The molecule has 0 spiro atoms. The molecular weight excluding hydrogens is 242 g/mol. The number of ether oxygens (including phenoxy) is 1. The van der Waals surface area contributed by atoms with Gasteiger partial charge in [-0.25, -0.2) is 8.42 Å². The number of aromatic nitrogens is 2. The van der Waals surface area contributed by atoms with E-state index in [0.29, 0.717) is 13.2 Å². The van der Waals surface area contributed by atoms with Crippen molar-refractivity contribution in [2.75, 3.05) is 26.5 Å². The minimum atomic E-state index is -3.18. The number of likely N-dealkylation sites (N-methyl/N-ethyl adjacent to an activating group) is 1. The van der Waals surface area contributed by atoms with E-state index in [1.807, 2.05) is 6.92 Å². The molecule has 17 heavy (non-hydrogen) atoms. The summed E-state index contributed by atoms with van der Waals surface area (Å²) in [6, 6.07) is 0.123. The van der Waals surface area contributed by atoms with Crippen molar-refractivity contribution in [3.8, 4) is 0 Å². The SMILES string of the molecule is CCNC(COC)Cn1cc(S(C)(=O)=O)cn1. The maximum Gasteiger partial charge on any atom is 0.178 e. The van der Waals surface area contributed by atoms with Gasteiger partial charge in [0.15, 0.2) is 9.84 Å². The van der Waals surface area contributed by atoms with E-state index >= 15 is 0 Å². The molecule has 1 atom stereocenters. The number of sulfone groups is 1. The molecule has 7 heteroatoms. The molecule has 0 saturated carbocycles. The quantitative estimate of drug-likeness (QED) is 0.742. The fraction of sp³-hybridized carbons (Fsp3) is 0.700. The van der Waals surface area contributed by atoms with E-state index in [1.54, 1.807) is 11.8 Å². The first-order valence-electron chi connectivity index (χ1n) is 5.42. The number of rotatable bonds is 7. The third-order valence-corrected chi connectivity index (χ3v) is 3.37. The molecule has 6 nitrogen and oxygen atoms in total. The minimum absolute atomic E-state index is 0.123. The minimum Gasteiger partial charge on any atom is -0.383 e. The summed E-state index contributed by atoms with van der Waals surface area (Å²) >= 11 is 0. The van der Waals surface area contributed by atoms with Gasteiger partial charge in [0, 0.05) is 19.6 Å². The van der Waals surface area contributed by atoms with Gasteiger partial charge >= 0.3 is 0 Å². The zero-order chi connectivity index (χ0) is 12.9. The molecule has 0 aromatic carbocycles. The Kier molecular flexibility index (Phi) is 5.10. The highest BCUT2D eigenvalue weighted by Gasteiger charge is 2.12. The van der Waals surface area contributed by atoms with Crippen LogP contribution in [0.4, 0.5) is 0 Å². The molecule has 1 aromatic heterocycles. The van der Waals surface area contributed by atoms with Crippen molar-refractivity contribution in [3.05, 3.63) is 12.4 Å². The monoisotopic (exact) mass is 261 g/mol. The van der Waals surface area contributed by atoms with Crippen molar-refractivity contribution in [2.24, 2.45) is 0 Å². The second kappa shape index (κ2) is 6.13. The van der Waals surface area contributed by atoms with Crippen molar-refractivity contribution in [1.82, 2.24) is 15.1 Å². The third-order valence-electron chi connectivity index (χ3n) is 2.31. The van der Waals surface area contributed by atoms with Gasteiger partial charge in [0.25, 0.3) is 0 Å². The normalized spacial score (nSPS) is 13.8. The van der Waals surface area contributed by atoms with Crippen LogP contribution in [0.1, 0.15) is 6.92 Å². The Morgan fingerprint density at radius 2 is 2.29 bits per heavy atom. The molecule has 1 unspecified atom stereocenters. The molecular formula is C10H19N3O3S. The van der Waals surface area contributed by atoms with Crippen LogP contribution >= 0.6 is 0 Å². The molecule has 0 bridgehead atoms. The van der Waals surface area contributed by atoms with Gasteiger partial charge in [-0.05, 0) is 6.54 Å². The Bertz CT molecular complexity index is 435. The van der Waals surface area contributed by atoms with Crippen LogP contribution in [0.5, 0.6) is 0 Å². The zero-order valence-corrected chi connectivity index (χ0v) is 11.2. The Morgan fingerprint density at radius 3 is 2.76 bits per heavy atom. The summed E-state index contributed by atoms with van der Waals surface area (Å²) in [6.45, 7) is 3.97. The fourth-order valence-electron chi connectivity index (χ4n) is 1.53. The van der Waals surface area contributed by atoms with Crippen molar-refractivity contribution < 1.29 is 13.2 Å². The summed E-state index contributed by atoms with van der Waals surface area (Å²) in [4.78, 5) is 0.241. The zero-order valence-electron chi connectivity index (χ0n) is 10.4. The molecule has 0 amide bonds. The second-order valence-electron chi connectivity index (χ2n) is 3.88. The number of hydrogen-bond acceptors (Lipinski definition) is 5. The Morgan fingerprint density at radius 1 is 1.59 bits per heavy atom. The molecule has 0 fully saturated rings. The summed E-state index contributed by atoms with van der Waals surface area (Å²) < 4.78 is 29.3. The molecule has 0 radical (unpaired) electrons. The first-order chi connectivity index (χ1) is 7.97. The Labute approximate surface area is 102 Å². The van der Waals surface area contributed by atoms with Gasteiger partial charge in [0.05, 0.1) is 25.4 Å². The lowest BCUT2D eigenvalue weighted by Gasteiger charge is -2.16. The van der Waals surface area contributed by atoms with Crippen molar-refractivity contribution in [1.29, 1.82) is 0 Å². The maximum atomic E-state index is 11.3. The summed E-state index contributed by atoms with van der Waals surface area (Å²) in [6.07, 6.45) is 4.08. The highest BCUT2D eigenvalue weighted by atomic mass is 32.2. The van der Waals surface area contributed by atoms with Gasteiger partial charge in [-0.15, -0.1) is 0 Å². The van der Waals surface area contributed by atoms with Crippen LogP contribution < -0.4 is 5.32 Å². The van der Waals surface area contributed by atoms with Crippen LogP contribution in [0.15, 0.2) is 17.3 Å². The lowest BCUT2D eigenvalue weighted by atomic mass is 10.3. The molecule has 1 heterocycles. The lowest BCUT2D eigenvalue weighted by Crippen LogP contribution is -2.37. The van der Waals surface area contributed by atoms with Gasteiger partial charge in [0.1, 0.15) is 4.90 Å². The summed E-state index contributed by atoms with van der Waals surface area (Å²) in [7, 11) is -1.54. The van der Waals surface area contributed by atoms with Gasteiger partial charge < -0.3 is 10.1 Å². The first kappa shape index (κ1) is 14.1. The first-order valence-corrected chi connectivity index (χ1v) is 7.31. The molecule has 1 aromatic rings. The van der Waals surface area contributed by atoms with Gasteiger partial charge in [0.2, 0.25) is 0 Å². The molecule has 0 aliphatic carbocycles. The predicted molar refractivity (Wildman–Crippen MR) is 64.7 cm³/mol. The van der Waals surface area contributed by atoms with Gasteiger partial charge in [-0.2, -0.15) is 5.10 Å². The van der Waals surface area contributed by atoms with Crippen LogP contribution in [0, 0.1) is 0 Å². The Balaban J connectivity index is 2.70. The van der Waals surface area contributed by atoms with E-state index in [9.17, 15) is 8.42 Å². The van der Waals surface area contributed by atoms with Crippen LogP contribution in [-0.4, -0.2) is 50.8 Å². The Hall–Kier alpha value is -0.920. The van der Waals surface area contributed by atoms with Crippen molar-refractivity contribution >= 4 is 9.84 Å². The molecule has 1 rings (SSSR count). The number of nitrogens with one attached hydrogen (secondary N) is 1. The highest BCUT2D eigenvalue weighted by Crippen LogP contribution is 2.06. The average molecular weight is 261 g/mol. The van der Waals surface area contributed by atoms with E-state index in [4.69, 9.17) is 4.74 Å². The summed E-state index contributed by atoms with van der Waals surface area (Å²) in [5.74, 6) is 0. The molecule has 98 valence electrons. The van der Waals surface area contributed by atoms with Crippen LogP contribution in [-0.2, 0) is 21.1 Å². The lowest BCUT2D eigenvalue weighted by molar-refractivity contribution is 0.157. The van der Waals surface area contributed by atoms with E-state index in [0.717, 1.165) is 6.54 Å². The van der Waals surface area contributed by atoms with Crippen LogP contribution in [0.3, 0.4) is 0 Å². The van der Waals surface area contributed by atoms with Gasteiger partial charge in [-0.3, -0.25) is 4.68 Å². The van der Waals surface area contributed by atoms with E-state index in [2.05, 4.69) is 10.4 Å². The second-order valence-corrected chi connectivity index (χ2v) is 5.90. The average Bonchev–Trinajstić information content (AvgIpc) is 2.66. The van der Waals surface area contributed by atoms with E-state index in [1.165, 1.54) is 18.6 Å². The standard InChI is InChI=1S/C10H19N3O3S/c1-4-11-9(8-16-2)6-13-7-10(5-12-13)17(3,14)15/h5,7,9,11H,4,6,8H2,1-3H3. The largest absolute Gasteiger partial charge is 0.383 e. The topological polar surface area (TPSA) is 73.2 Å². The van der Waals surface area contributed by atoms with Gasteiger partial charge in [-0.1, -0.05) is 6.92 Å².